The van der Waals surface area contributed by atoms with Crippen molar-refractivity contribution in [3.63, 3.8) is 0 Å². The molecule has 7 atom stereocenters. The first-order valence-corrected chi connectivity index (χ1v) is 23.4. The van der Waals surface area contributed by atoms with E-state index in [1.54, 1.807) is 27.3 Å². The normalized spacial score (nSPS) is 22.2. The predicted molar refractivity (Wildman–Crippen MR) is 250 cm³/mol. The summed E-state index contributed by atoms with van der Waals surface area (Å²) in [6, 6.07) is 35.8. The van der Waals surface area contributed by atoms with E-state index in [1.165, 1.54) is 4.57 Å². The van der Waals surface area contributed by atoms with Crippen molar-refractivity contribution in [2.24, 2.45) is 11.8 Å². The van der Waals surface area contributed by atoms with Crippen LogP contribution in [-0.2, 0) is 24.1 Å². The van der Waals surface area contributed by atoms with Gasteiger partial charge in [-0.2, -0.15) is 5.26 Å². The number of fused-ring (bicyclic) bond motifs is 2. The molecule has 1 aliphatic heterocycles. The quantitative estimate of drug-likeness (QED) is 0.0481. The molecule has 1 saturated carbocycles. The van der Waals surface area contributed by atoms with E-state index >= 15 is 0 Å². The molecule has 1 saturated heterocycles. The lowest BCUT2D eigenvalue weighted by atomic mass is 9.70. The molecule has 2 aliphatic rings. The van der Waals surface area contributed by atoms with Crippen molar-refractivity contribution >= 4 is 8.53 Å². The van der Waals surface area contributed by atoms with Gasteiger partial charge in [0.15, 0.2) is 5.60 Å². The molecule has 65 heavy (non-hydrogen) atoms. The Morgan fingerprint density at radius 1 is 0.862 bits per heavy atom. The van der Waals surface area contributed by atoms with E-state index in [0.717, 1.165) is 22.3 Å². The lowest BCUT2D eigenvalue weighted by molar-refractivity contribution is -0.200. The van der Waals surface area contributed by atoms with Crippen LogP contribution in [0.4, 0.5) is 0 Å². The number of hydrogen-bond acceptors (Lipinski definition) is 11. The summed E-state index contributed by atoms with van der Waals surface area (Å²) in [6.07, 6.45) is -0.218. The fourth-order valence-electron chi connectivity index (χ4n) is 9.38. The number of nitriles is 1. The van der Waals surface area contributed by atoms with Crippen LogP contribution in [0, 0.1) is 37.0 Å². The molecule has 2 bridgehead atoms. The van der Waals surface area contributed by atoms with Gasteiger partial charge in [-0.3, -0.25) is 14.3 Å². The summed E-state index contributed by atoms with van der Waals surface area (Å²) in [5.41, 5.74) is 0.117. The van der Waals surface area contributed by atoms with Crippen LogP contribution >= 0.6 is 8.53 Å². The highest BCUT2D eigenvalue weighted by atomic mass is 31.2. The summed E-state index contributed by atoms with van der Waals surface area (Å²) in [4.78, 5) is 29.4. The van der Waals surface area contributed by atoms with Gasteiger partial charge in [-0.1, -0.05) is 79.2 Å². The number of ether oxygens (including phenoxy) is 5. The first-order valence-electron chi connectivity index (χ1n) is 22.2. The van der Waals surface area contributed by atoms with Gasteiger partial charge in [0, 0.05) is 29.8 Å². The number of aromatic amines is 1. The van der Waals surface area contributed by atoms with E-state index in [1.807, 2.05) is 110 Å². The Bertz CT molecular complexity index is 2450. The average Bonchev–Trinajstić information content (AvgIpc) is 3.56. The molecule has 13 nitrogen and oxygen atoms in total. The number of nitrogens with one attached hydrogen (secondary N) is 1. The molecule has 5 aromatic rings. The smallest absolute Gasteiger partial charge is 0.330 e. The van der Waals surface area contributed by atoms with E-state index in [4.69, 9.17) is 32.7 Å². The average molecular weight is 905 g/mol. The summed E-state index contributed by atoms with van der Waals surface area (Å²) in [6.45, 7) is 14.2. The van der Waals surface area contributed by atoms with Crippen LogP contribution in [0.2, 0.25) is 0 Å². The highest BCUT2D eigenvalue weighted by molar-refractivity contribution is 7.44. The minimum Gasteiger partial charge on any atom is -0.497 e. The molecule has 0 radical (unpaired) electrons. The Labute approximate surface area is 383 Å². The molecule has 4 aromatic carbocycles. The van der Waals surface area contributed by atoms with Crippen LogP contribution in [0.5, 0.6) is 17.2 Å². The number of aryl methyl sites for hydroxylation is 2. The maximum Gasteiger partial charge on any atom is 0.330 e. The summed E-state index contributed by atoms with van der Waals surface area (Å²) in [5, 5.41) is 9.63. The van der Waals surface area contributed by atoms with Crippen LogP contribution in [0.3, 0.4) is 0 Å². The van der Waals surface area contributed by atoms with E-state index in [-0.39, 0.29) is 37.6 Å². The maximum atomic E-state index is 14.0. The number of benzene rings is 4. The molecule has 344 valence electrons. The minimum absolute atomic E-state index is 0.00859. The summed E-state index contributed by atoms with van der Waals surface area (Å²) in [7, 11) is 1.41. The molecule has 7 rings (SSSR count). The summed E-state index contributed by atoms with van der Waals surface area (Å²) in [5.74, 6) is 1.37. The fraction of sp³-hybridized carbons (Fsp3) is 0.431. The van der Waals surface area contributed by atoms with Gasteiger partial charge in [0.1, 0.15) is 41.3 Å². The van der Waals surface area contributed by atoms with Gasteiger partial charge in [0.05, 0.1) is 39.9 Å². The van der Waals surface area contributed by atoms with Crippen LogP contribution < -0.4 is 25.5 Å². The molecule has 0 spiro atoms. The molecule has 14 heteroatoms. The van der Waals surface area contributed by atoms with Gasteiger partial charge < -0.3 is 32.7 Å². The van der Waals surface area contributed by atoms with Crippen molar-refractivity contribution in [1.82, 2.24) is 14.2 Å². The monoisotopic (exact) mass is 904 g/mol. The molecule has 1 N–H and O–H groups in total. The molecule has 0 amide bonds. The molecule has 3 unspecified atom stereocenters. The number of H-pyrrole nitrogens is 1. The lowest BCUT2D eigenvalue weighted by Crippen LogP contribution is -2.62. The zero-order valence-electron chi connectivity index (χ0n) is 38.7. The summed E-state index contributed by atoms with van der Waals surface area (Å²) < 4.78 is 51.4. The second-order valence-corrected chi connectivity index (χ2v) is 18.9. The second-order valence-electron chi connectivity index (χ2n) is 17.5. The number of aromatic nitrogens is 2. The molecule has 1 aliphatic carbocycles. The topological polar surface area (TPSA) is 147 Å². The standard InChI is InChI=1S/C51H61N4O9P/c1-33(2)55(34(3)4)65(61-29-13-28-52)64-46-45-36(6)30-44(62-43-22-16-35(5)17-23-43)50(46,63-48(45)54-31-37(7)47(56)53-49(54)57)32-60-51(38-14-11-10-12-15-38,39-18-24-41(58-8)25-19-39)40-20-26-42(59-9)27-21-40/h10-12,14-27,31,33-34,36,44-46,48H,13,29-30,32H2,1-9H3,(H,53,56,57)/t36-,44?,45?,46-,48+,50-,65?/m0/s1. The van der Waals surface area contributed by atoms with E-state index in [2.05, 4.69) is 50.3 Å². The van der Waals surface area contributed by atoms with Gasteiger partial charge >= 0.3 is 5.69 Å². The zero-order valence-corrected chi connectivity index (χ0v) is 39.6. The van der Waals surface area contributed by atoms with Gasteiger partial charge in [-0.15, -0.1) is 0 Å². The van der Waals surface area contributed by atoms with Crippen molar-refractivity contribution in [3.8, 4) is 23.3 Å². The van der Waals surface area contributed by atoms with E-state index < -0.39 is 55.3 Å². The second kappa shape index (κ2) is 20.5. The Morgan fingerprint density at radius 3 is 1.98 bits per heavy atom. The molecular weight excluding hydrogens is 844 g/mol. The van der Waals surface area contributed by atoms with Crippen LogP contribution in [0.25, 0.3) is 0 Å². The first-order chi connectivity index (χ1) is 31.3. The molecular formula is C51H61N4O9P. The molecule has 2 fully saturated rings. The number of methoxy groups -OCH3 is 2. The first kappa shape index (κ1) is 47.6. The van der Waals surface area contributed by atoms with Crippen molar-refractivity contribution in [2.45, 2.75) is 103 Å². The van der Waals surface area contributed by atoms with Gasteiger partial charge in [-0.25, -0.2) is 9.46 Å². The van der Waals surface area contributed by atoms with Gasteiger partial charge in [-0.05, 0) is 107 Å². The zero-order chi connectivity index (χ0) is 46.5. The Balaban J connectivity index is 1.49. The van der Waals surface area contributed by atoms with Crippen LogP contribution in [0.1, 0.15) is 81.5 Å². The van der Waals surface area contributed by atoms with E-state index in [0.29, 0.717) is 29.2 Å². The number of rotatable bonds is 19. The number of hydrogen-bond donors (Lipinski definition) is 1. The van der Waals surface area contributed by atoms with Crippen molar-refractivity contribution in [1.29, 1.82) is 5.26 Å². The highest BCUT2D eigenvalue weighted by Crippen LogP contribution is 2.60. The van der Waals surface area contributed by atoms with Crippen molar-refractivity contribution in [2.75, 3.05) is 27.4 Å². The third kappa shape index (κ3) is 9.66. The van der Waals surface area contributed by atoms with Gasteiger partial charge in [0.2, 0.25) is 0 Å². The third-order valence-electron chi connectivity index (χ3n) is 12.6. The fourth-order valence-corrected chi connectivity index (χ4v) is 11.2. The Hall–Kier alpha value is -5.32. The molecule has 2 heterocycles. The van der Waals surface area contributed by atoms with Crippen LogP contribution in [0.15, 0.2) is 119 Å². The van der Waals surface area contributed by atoms with Crippen molar-refractivity contribution < 1.29 is 32.7 Å². The Morgan fingerprint density at radius 2 is 1.43 bits per heavy atom. The number of nitrogens with zero attached hydrogens (tertiary/aromatic N) is 3. The van der Waals surface area contributed by atoms with Gasteiger partial charge in [0.25, 0.3) is 14.1 Å². The summed E-state index contributed by atoms with van der Waals surface area (Å²) >= 11 is 0. The Kier molecular flexibility index (Phi) is 15.0. The van der Waals surface area contributed by atoms with Crippen LogP contribution in [-0.4, -0.2) is 71.5 Å². The largest absolute Gasteiger partial charge is 0.497 e. The SMILES string of the molecule is COc1ccc(C(OC[C@]23O[C@@H](n4cc(C)c(=O)[nH]c4=O)C([C@@H](C)CC2Oc2ccc(C)cc2)[C@@H]3OP(OCCC#N)N(C(C)C)C(C)C)(c2ccccc2)c2ccc(OC)cc2)cc1. The minimum atomic E-state index is -1.85. The highest BCUT2D eigenvalue weighted by Gasteiger charge is 2.68. The third-order valence-corrected chi connectivity index (χ3v) is 14.7. The maximum absolute atomic E-state index is 14.0. The molecule has 1 aromatic heterocycles. The van der Waals surface area contributed by atoms with E-state index in [9.17, 15) is 14.9 Å². The predicted octanol–water partition coefficient (Wildman–Crippen LogP) is 9.21. The van der Waals surface area contributed by atoms with Crippen molar-refractivity contribution in [3.05, 3.63) is 158 Å². The lowest BCUT2D eigenvalue weighted by Gasteiger charge is -2.49.